The van der Waals surface area contributed by atoms with E-state index in [-0.39, 0.29) is 6.04 Å². The van der Waals surface area contributed by atoms with Gasteiger partial charge in [-0.1, -0.05) is 24.3 Å². The number of rotatable bonds is 5. The summed E-state index contributed by atoms with van der Waals surface area (Å²) in [6.45, 7) is 2.71. The predicted molar refractivity (Wildman–Crippen MR) is 74.2 cm³/mol. The van der Waals surface area contributed by atoms with Gasteiger partial charge in [0.05, 0.1) is 7.11 Å². The van der Waals surface area contributed by atoms with E-state index in [9.17, 15) is 5.11 Å². The van der Waals surface area contributed by atoms with Crippen molar-refractivity contribution in [3.05, 3.63) is 53.7 Å². The number of pyridine rings is 1. The highest BCUT2D eigenvalue weighted by Crippen LogP contribution is 2.23. The van der Waals surface area contributed by atoms with Crippen LogP contribution in [0.25, 0.3) is 0 Å². The molecule has 4 nitrogen and oxygen atoms in total. The average Bonchev–Trinajstić information content (AvgIpc) is 2.46. The van der Waals surface area contributed by atoms with E-state index in [0.717, 1.165) is 11.1 Å². The van der Waals surface area contributed by atoms with Crippen molar-refractivity contribution >= 4 is 0 Å². The predicted octanol–water partition coefficient (Wildman–Crippen LogP) is 2.65. The van der Waals surface area contributed by atoms with Gasteiger partial charge in [0, 0.05) is 30.4 Å². The van der Waals surface area contributed by atoms with Gasteiger partial charge in [-0.2, -0.15) is 0 Å². The lowest BCUT2D eigenvalue weighted by atomic mass is 10.1. The first-order chi connectivity index (χ1) is 9.20. The zero-order chi connectivity index (χ0) is 13.7. The Bertz CT molecular complexity index is 526. The second kappa shape index (κ2) is 6.20. The molecule has 19 heavy (non-hydrogen) atoms. The Morgan fingerprint density at radius 3 is 2.68 bits per heavy atom. The Morgan fingerprint density at radius 2 is 2.05 bits per heavy atom. The number of phenolic OH excluding ortho intramolecular Hbond substituents is 1. The lowest BCUT2D eigenvalue weighted by Crippen LogP contribution is -2.18. The van der Waals surface area contributed by atoms with Gasteiger partial charge in [0.15, 0.2) is 0 Å². The zero-order valence-corrected chi connectivity index (χ0v) is 11.1. The van der Waals surface area contributed by atoms with E-state index in [1.165, 1.54) is 0 Å². The molecule has 0 saturated carbocycles. The molecule has 2 N–H and O–H groups in total. The molecule has 0 amide bonds. The molecular weight excluding hydrogens is 240 g/mol. The molecule has 4 heteroatoms. The van der Waals surface area contributed by atoms with Crippen molar-refractivity contribution in [1.29, 1.82) is 0 Å². The minimum Gasteiger partial charge on any atom is -0.508 e. The molecule has 1 aromatic carbocycles. The molecule has 100 valence electrons. The third-order valence-electron chi connectivity index (χ3n) is 3.02. The molecule has 0 aliphatic heterocycles. The molecule has 0 radical (unpaired) electrons. The quantitative estimate of drug-likeness (QED) is 0.865. The van der Waals surface area contributed by atoms with Crippen LogP contribution in [0.5, 0.6) is 11.6 Å². The van der Waals surface area contributed by atoms with Gasteiger partial charge in [-0.05, 0) is 18.6 Å². The molecule has 0 saturated heterocycles. The molecule has 0 aliphatic rings. The average molecular weight is 258 g/mol. The standard InChI is InChI=1S/C15H18N2O2/c1-11(13-5-3-4-6-14(13)18)16-9-12-7-8-15(19-2)17-10-12/h3-8,10-11,16,18H,9H2,1-2H3. The molecule has 1 heterocycles. The van der Waals surface area contributed by atoms with Crippen LogP contribution in [-0.4, -0.2) is 17.2 Å². The summed E-state index contributed by atoms with van der Waals surface area (Å²) in [6.07, 6.45) is 1.78. The number of phenols is 1. The van der Waals surface area contributed by atoms with Crippen LogP contribution in [0.1, 0.15) is 24.1 Å². The van der Waals surface area contributed by atoms with Crippen molar-refractivity contribution in [2.45, 2.75) is 19.5 Å². The number of hydrogen-bond donors (Lipinski definition) is 2. The number of aromatic hydroxyl groups is 1. The SMILES string of the molecule is COc1ccc(CNC(C)c2ccccc2O)cn1. The minimum absolute atomic E-state index is 0.0725. The lowest BCUT2D eigenvalue weighted by Gasteiger charge is -2.15. The number of aromatic nitrogens is 1. The maximum absolute atomic E-state index is 9.78. The number of methoxy groups -OCH3 is 1. The Morgan fingerprint density at radius 1 is 1.26 bits per heavy atom. The monoisotopic (exact) mass is 258 g/mol. The fourth-order valence-electron chi connectivity index (χ4n) is 1.87. The molecule has 1 aromatic heterocycles. The summed E-state index contributed by atoms with van der Waals surface area (Å²) in [5.41, 5.74) is 1.96. The molecular formula is C15H18N2O2. The molecule has 1 unspecified atom stereocenters. The first-order valence-electron chi connectivity index (χ1n) is 6.21. The van der Waals surface area contributed by atoms with E-state index < -0.39 is 0 Å². The highest BCUT2D eigenvalue weighted by molar-refractivity contribution is 5.34. The molecule has 0 bridgehead atoms. The van der Waals surface area contributed by atoms with Crippen LogP contribution in [0, 0.1) is 0 Å². The third kappa shape index (κ3) is 3.45. The summed E-state index contributed by atoms with van der Waals surface area (Å²) in [5.74, 6) is 0.924. The van der Waals surface area contributed by atoms with Crippen LogP contribution in [0.2, 0.25) is 0 Å². The Labute approximate surface area is 113 Å². The second-order valence-corrected chi connectivity index (χ2v) is 4.37. The second-order valence-electron chi connectivity index (χ2n) is 4.37. The Balaban J connectivity index is 1.96. The Hall–Kier alpha value is -2.07. The first kappa shape index (κ1) is 13.4. The van der Waals surface area contributed by atoms with Crippen molar-refractivity contribution in [3.8, 4) is 11.6 Å². The molecule has 2 aromatic rings. The number of ether oxygens (including phenoxy) is 1. The minimum atomic E-state index is 0.0725. The van der Waals surface area contributed by atoms with Gasteiger partial charge < -0.3 is 15.2 Å². The van der Waals surface area contributed by atoms with Crippen molar-refractivity contribution in [3.63, 3.8) is 0 Å². The van der Waals surface area contributed by atoms with Crippen molar-refractivity contribution in [1.82, 2.24) is 10.3 Å². The van der Waals surface area contributed by atoms with Gasteiger partial charge in [-0.15, -0.1) is 0 Å². The number of para-hydroxylation sites is 1. The zero-order valence-electron chi connectivity index (χ0n) is 11.1. The number of nitrogens with one attached hydrogen (secondary N) is 1. The van der Waals surface area contributed by atoms with Gasteiger partial charge in [0.25, 0.3) is 0 Å². The van der Waals surface area contributed by atoms with Crippen LogP contribution in [-0.2, 0) is 6.54 Å². The van der Waals surface area contributed by atoms with Crippen LogP contribution >= 0.6 is 0 Å². The van der Waals surface area contributed by atoms with Crippen molar-refractivity contribution in [2.75, 3.05) is 7.11 Å². The maximum Gasteiger partial charge on any atom is 0.212 e. The van der Waals surface area contributed by atoms with Gasteiger partial charge in [-0.3, -0.25) is 0 Å². The lowest BCUT2D eigenvalue weighted by molar-refractivity contribution is 0.397. The van der Waals surface area contributed by atoms with E-state index >= 15 is 0 Å². The number of hydrogen-bond acceptors (Lipinski definition) is 4. The third-order valence-corrected chi connectivity index (χ3v) is 3.02. The van der Waals surface area contributed by atoms with E-state index in [2.05, 4.69) is 10.3 Å². The summed E-state index contributed by atoms with van der Waals surface area (Å²) < 4.78 is 5.02. The summed E-state index contributed by atoms with van der Waals surface area (Å²) >= 11 is 0. The van der Waals surface area contributed by atoms with E-state index in [1.54, 1.807) is 19.4 Å². The molecule has 0 aliphatic carbocycles. The van der Waals surface area contributed by atoms with Crippen molar-refractivity contribution in [2.24, 2.45) is 0 Å². The Kier molecular flexibility index (Phi) is 4.36. The first-order valence-corrected chi connectivity index (χ1v) is 6.21. The summed E-state index contributed by atoms with van der Waals surface area (Å²) in [5, 5.41) is 13.1. The molecule has 0 spiro atoms. The summed E-state index contributed by atoms with van der Waals surface area (Å²) in [7, 11) is 1.60. The van der Waals surface area contributed by atoms with Gasteiger partial charge >= 0.3 is 0 Å². The van der Waals surface area contributed by atoms with Crippen molar-refractivity contribution < 1.29 is 9.84 Å². The van der Waals surface area contributed by atoms with Crippen LogP contribution in [0.3, 0.4) is 0 Å². The summed E-state index contributed by atoms with van der Waals surface area (Å²) in [6, 6.07) is 11.2. The van der Waals surface area contributed by atoms with E-state index in [0.29, 0.717) is 18.2 Å². The highest BCUT2D eigenvalue weighted by atomic mass is 16.5. The number of benzene rings is 1. The summed E-state index contributed by atoms with van der Waals surface area (Å²) in [4.78, 5) is 4.15. The molecule has 1 atom stereocenters. The fraction of sp³-hybridized carbons (Fsp3) is 0.267. The topological polar surface area (TPSA) is 54.4 Å². The van der Waals surface area contributed by atoms with Gasteiger partial charge in [0.1, 0.15) is 5.75 Å². The normalized spacial score (nSPS) is 12.1. The molecule has 0 fully saturated rings. The fourth-order valence-corrected chi connectivity index (χ4v) is 1.87. The number of nitrogens with zero attached hydrogens (tertiary/aromatic N) is 1. The maximum atomic E-state index is 9.78. The van der Waals surface area contributed by atoms with Crippen LogP contribution in [0.4, 0.5) is 0 Å². The van der Waals surface area contributed by atoms with Gasteiger partial charge in [0.2, 0.25) is 5.88 Å². The van der Waals surface area contributed by atoms with E-state index in [1.807, 2.05) is 37.3 Å². The van der Waals surface area contributed by atoms with Crippen LogP contribution < -0.4 is 10.1 Å². The molecule has 2 rings (SSSR count). The van der Waals surface area contributed by atoms with Gasteiger partial charge in [-0.25, -0.2) is 4.98 Å². The van der Waals surface area contributed by atoms with E-state index in [4.69, 9.17) is 4.74 Å². The smallest absolute Gasteiger partial charge is 0.212 e. The largest absolute Gasteiger partial charge is 0.508 e. The highest BCUT2D eigenvalue weighted by Gasteiger charge is 2.08. The van der Waals surface area contributed by atoms with Crippen LogP contribution in [0.15, 0.2) is 42.6 Å².